The number of nitrogens with one attached hydrogen (secondary N) is 1. The largest absolute Gasteiger partial charge is 0.508 e. The van der Waals surface area contributed by atoms with Gasteiger partial charge in [0, 0.05) is 16.6 Å². The number of phenols is 1. The summed E-state index contributed by atoms with van der Waals surface area (Å²) in [7, 11) is 0. The van der Waals surface area contributed by atoms with E-state index in [0.29, 0.717) is 13.2 Å². The van der Waals surface area contributed by atoms with Gasteiger partial charge >= 0.3 is 0 Å². The van der Waals surface area contributed by atoms with Crippen LogP contribution in [0.2, 0.25) is 0 Å². The Kier molecular flexibility index (Phi) is 5.51. The summed E-state index contributed by atoms with van der Waals surface area (Å²) in [4.78, 5) is 0. The van der Waals surface area contributed by atoms with Gasteiger partial charge in [0.05, 0.1) is 12.3 Å². The number of aryl methyl sites for hydroxylation is 1. The molecule has 0 bridgehead atoms. The van der Waals surface area contributed by atoms with Gasteiger partial charge in [-0.2, -0.15) is 0 Å². The molecule has 112 valence electrons. The first-order valence-corrected chi connectivity index (χ1v) is 7.84. The Balaban J connectivity index is 2.13. The van der Waals surface area contributed by atoms with Gasteiger partial charge in [0.15, 0.2) is 0 Å². The maximum Gasteiger partial charge on any atom is 0.142 e. The molecule has 4 heteroatoms. The van der Waals surface area contributed by atoms with E-state index >= 15 is 0 Å². The van der Waals surface area contributed by atoms with Gasteiger partial charge in [0.2, 0.25) is 0 Å². The molecule has 0 amide bonds. The Hall–Kier alpha value is -1.68. The standard InChI is InChI=1S/C17H20BrNO2/c1-3-8-21-17-9-12(2)4-6-15(17)19-11-13-10-14(18)5-7-16(13)20/h4-7,9-10,19-20H,3,8,11H2,1-2H3. The van der Waals surface area contributed by atoms with E-state index in [-0.39, 0.29) is 5.75 Å². The minimum absolute atomic E-state index is 0.286. The second-order valence-electron chi connectivity index (χ2n) is 4.97. The number of benzene rings is 2. The molecule has 2 rings (SSSR count). The van der Waals surface area contributed by atoms with Gasteiger partial charge in [0.25, 0.3) is 0 Å². The number of hydrogen-bond acceptors (Lipinski definition) is 3. The first-order chi connectivity index (χ1) is 10.1. The molecule has 0 atom stereocenters. The summed E-state index contributed by atoms with van der Waals surface area (Å²) in [5, 5.41) is 13.2. The summed E-state index contributed by atoms with van der Waals surface area (Å²) >= 11 is 3.42. The Morgan fingerprint density at radius 2 is 2.00 bits per heavy atom. The predicted molar refractivity (Wildman–Crippen MR) is 90.1 cm³/mol. The lowest BCUT2D eigenvalue weighted by molar-refractivity contribution is 0.318. The molecular weight excluding hydrogens is 330 g/mol. The van der Waals surface area contributed by atoms with E-state index in [1.165, 1.54) is 0 Å². The smallest absolute Gasteiger partial charge is 0.142 e. The predicted octanol–water partition coefficient (Wildman–Crippen LogP) is 4.86. The molecule has 0 spiro atoms. The van der Waals surface area contributed by atoms with Crippen LogP contribution >= 0.6 is 15.9 Å². The lowest BCUT2D eigenvalue weighted by Crippen LogP contribution is -2.04. The average molecular weight is 350 g/mol. The van der Waals surface area contributed by atoms with Crippen molar-refractivity contribution in [1.29, 1.82) is 0 Å². The van der Waals surface area contributed by atoms with E-state index in [1.807, 2.05) is 37.3 Å². The topological polar surface area (TPSA) is 41.5 Å². The molecule has 0 aromatic heterocycles. The van der Waals surface area contributed by atoms with Gasteiger partial charge in [-0.25, -0.2) is 0 Å². The zero-order valence-electron chi connectivity index (χ0n) is 12.3. The van der Waals surface area contributed by atoms with Crippen molar-refractivity contribution in [2.24, 2.45) is 0 Å². The molecule has 2 aromatic carbocycles. The van der Waals surface area contributed by atoms with Crippen molar-refractivity contribution in [2.45, 2.75) is 26.8 Å². The van der Waals surface area contributed by atoms with Gasteiger partial charge in [0.1, 0.15) is 11.5 Å². The highest BCUT2D eigenvalue weighted by molar-refractivity contribution is 9.10. The fourth-order valence-corrected chi connectivity index (χ4v) is 2.40. The van der Waals surface area contributed by atoms with Crippen molar-refractivity contribution in [1.82, 2.24) is 0 Å². The van der Waals surface area contributed by atoms with Gasteiger partial charge < -0.3 is 15.2 Å². The number of aromatic hydroxyl groups is 1. The van der Waals surface area contributed by atoms with E-state index in [1.54, 1.807) is 6.07 Å². The quantitative estimate of drug-likeness (QED) is 0.781. The fraction of sp³-hybridized carbons (Fsp3) is 0.294. The molecule has 21 heavy (non-hydrogen) atoms. The van der Waals surface area contributed by atoms with Crippen molar-refractivity contribution in [2.75, 3.05) is 11.9 Å². The van der Waals surface area contributed by atoms with E-state index < -0.39 is 0 Å². The highest BCUT2D eigenvalue weighted by atomic mass is 79.9. The molecule has 0 saturated carbocycles. The van der Waals surface area contributed by atoms with Gasteiger partial charge in [-0.05, 0) is 49.2 Å². The molecule has 0 radical (unpaired) electrons. The van der Waals surface area contributed by atoms with E-state index in [4.69, 9.17) is 4.74 Å². The molecule has 3 nitrogen and oxygen atoms in total. The number of rotatable bonds is 6. The highest BCUT2D eigenvalue weighted by Gasteiger charge is 2.06. The van der Waals surface area contributed by atoms with Crippen LogP contribution in [0.4, 0.5) is 5.69 Å². The molecule has 0 heterocycles. The molecule has 0 aliphatic rings. The van der Waals surface area contributed by atoms with Crippen molar-refractivity contribution < 1.29 is 9.84 Å². The normalized spacial score (nSPS) is 10.4. The second-order valence-corrected chi connectivity index (χ2v) is 5.89. The van der Waals surface area contributed by atoms with Gasteiger partial charge in [-0.1, -0.05) is 28.9 Å². The third kappa shape index (κ3) is 4.39. The van der Waals surface area contributed by atoms with Crippen molar-refractivity contribution in [3.8, 4) is 11.5 Å². The van der Waals surface area contributed by atoms with E-state index in [2.05, 4.69) is 28.2 Å². The summed E-state index contributed by atoms with van der Waals surface area (Å²) in [5.74, 6) is 1.14. The van der Waals surface area contributed by atoms with Crippen LogP contribution in [0.5, 0.6) is 11.5 Å². The molecule has 0 aliphatic heterocycles. The number of anilines is 1. The summed E-state index contributed by atoms with van der Waals surface area (Å²) in [6.45, 7) is 5.36. The highest BCUT2D eigenvalue weighted by Crippen LogP contribution is 2.28. The summed E-state index contributed by atoms with van der Waals surface area (Å²) in [6, 6.07) is 11.5. The SMILES string of the molecule is CCCOc1cc(C)ccc1NCc1cc(Br)ccc1O. The number of hydrogen-bond donors (Lipinski definition) is 2. The van der Waals surface area contributed by atoms with Crippen LogP contribution in [-0.4, -0.2) is 11.7 Å². The van der Waals surface area contributed by atoms with Crippen LogP contribution in [0.25, 0.3) is 0 Å². The van der Waals surface area contributed by atoms with Crippen LogP contribution in [-0.2, 0) is 6.54 Å². The van der Waals surface area contributed by atoms with E-state index in [0.717, 1.165) is 33.5 Å². The van der Waals surface area contributed by atoms with Gasteiger partial charge in [-0.15, -0.1) is 0 Å². The molecule has 2 aromatic rings. The Morgan fingerprint density at radius 1 is 1.19 bits per heavy atom. The summed E-state index contributed by atoms with van der Waals surface area (Å²) in [6.07, 6.45) is 0.972. The van der Waals surface area contributed by atoms with Crippen molar-refractivity contribution in [3.63, 3.8) is 0 Å². The minimum Gasteiger partial charge on any atom is -0.508 e. The van der Waals surface area contributed by atoms with Crippen molar-refractivity contribution in [3.05, 3.63) is 52.0 Å². The Labute approximate surface area is 134 Å². The number of phenolic OH excluding ortho intramolecular Hbond substituents is 1. The van der Waals surface area contributed by atoms with Crippen LogP contribution in [0, 0.1) is 6.92 Å². The minimum atomic E-state index is 0.286. The van der Waals surface area contributed by atoms with Crippen LogP contribution in [0.15, 0.2) is 40.9 Å². The van der Waals surface area contributed by atoms with Crippen molar-refractivity contribution >= 4 is 21.6 Å². The van der Waals surface area contributed by atoms with E-state index in [9.17, 15) is 5.11 Å². The van der Waals surface area contributed by atoms with Crippen LogP contribution in [0.3, 0.4) is 0 Å². The van der Waals surface area contributed by atoms with Gasteiger partial charge in [-0.3, -0.25) is 0 Å². The zero-order valence-corrected chi connectivity index (χ0v) is 13.9. The lowest BCUT2D eigenvalue weighted by Gasteiger charge is -2.14. The molecule has 0 fully saturated rings. The molecular formula is C17H20BrNO2. The summed E-state index contributed by atoms with van der Waals surface area (Å²) in [5.41, 5.74) is 2.94. The zero-order chi connectivity index (χ0) is 15.2. The third-order valence-electron chi connectivity index (χ3n) is 3.11. The fourth-order valence-electron chi connectivity index (χ4n) is 1.99. The van der Waals surface area contributed by atoms with Crippen LogP contribution in [0.1, 0.15) is 24.5 Å². The lowest BCUT2D eigenvalue weighted by atomic mass is 10.1. The third-order valence-corrected chi connectivity index (χ3v) is 3.60. The Morgan fingerprint density at radius 3 is 2.76 bits per heavy atom. The monoisotopic (exact) mass is 349 g/mol. The van der Waals surface area contributed by atoms with Crippen LogP contribution < -0.4 is 10.1 Å². The molecule has 0 aliphatic carbocycles. The number of ether oxygens (including phenoxy) is 1. The average Bonchev–Trinajstić information content (AvgIpc) is 2.47. The maximum atomic E-state index is 9.88. The molecule has 0 saturated heterocycles. The molecule has 2 N–H and O–H groups in total. The summed E-state index contributed by atoms with van der Waals surface area (Å²) < 4.78 is 6.72. The Bertz CT molecular complexity index is 614. The number of halogens is 1. The maximum absolute atomic E-state index is 9.88. The first-order valence-electron chi connectivity index (χ1n) is 7.05. The molecule has 0 unspecified atom stereocenters. The first kappa shape index (κ1) is 15.7. The second kappa shape index (κ2) is 7.36.